The van der Waals surface area contributed by atoms with E-state index in [9.17, 15) is 4.57 Å². The lowest BCUT2D eigenvalue weighted by Crippen LogP contribution is -2.21. The maximum atomic E-state index is 10.0. The van der Waals surface area contributed by atoms with Crippen LogP contribution in [0.3, 0.4) is 0 Å². The van der Waals surface area contributed by atoms with Crippen molar-refractivity contribution in [2.24, 2.45) is 0 Å². The predicted molar refractivity (Wildman–Crippen MR) is 74.5 cm³/mol. The molecule has 0 aromatic carbocycles. The van der Waals surface area contributed by atoms with Crippen LogP contribution in [0.5, 0.6) is 0 Å². The predicted octanol–water partition coefficient (Wildman–Crippen LogP) is 2.15. The standard InChI is InChI=1S/C6H15N.C4H11O4PS/c1-4-7(5-2)6-3;5-9(6,7)8-3-1-2-4-10/h4-6H2,1-3H3;10H,1-4H2,(H2,5,6,7). The Morgan fingerprint density at radius 3 is 1.82 bits per heavy atom. The first-order chi connectivity index (χ1) is 7.91. The molecule has 0 spiro atoms. The second kappa shape index (κ2) is 12.9. The molecule has 0 amide bonds. The van der Waals surface area contributed by atoms with Crippen molar-refractivity contribution in [3.05, 3.63) is 0 Å². The molecule has 0 saturated heterocycles. The van der Waals surface area contributed by atoms with Gasteiger partial charge in [0.2, 0.25) is 0 Å². The quantitative estimate of drug-likeness (QED) is 0.362. The van der Waals surface area contributed by atoms with Crippen LogP contribution >= 0.6 is 20.5 Å². The topological polar surface area (TPSA) is 70.0 Å². The van der Waals surface area contributed by atoms with Crippen LogP contribution in [0.25, 0.3) is 0 Å². The maximum absolute atomic E-state index is 10.0. The van der Waals surface area contributed by atoms with Gasteiger partial charge in [0.1, 0.15) is 0 Å². The van der Waals surface area contributed by atoms with E-state index in [1.54, 1.807) is 0 Å². The van der Waals surface area contributed by atoms with E-state index in [1.165, 1.54) is 19.6 Å². The van der Waals surface area contributed by atoms with Gasteiger partial charge in [0.25, 0.3) is 0 Å². The van der Waals surface area contributed by atoms with Crippen LogP contribution in [0.1, 0.15) is 33.6 Å². The number of unbranched alkanes of at least 4 members (excludes halogenated alkanes) is 1. The molecule has 106 valence electrons. The third-order valence-corrected chi connectivity index (χ3v) is 2.99. The van der Waals surface area contributed by atoms with Gasteiger partial charge in [-0.25, -0.2) is 4.57 Å². The van der Waals surface area contributed by atoms with E-state index < -0.39 is 7.82 Å². The van der Waals surface area contributed by atoms with Gasteiger partial charge in [-0.2, -0.15) is 12.6 Å². The number of hydrogen-bond acceptors (Lipinski definition) is 4. The van der Waals surface area contributed by atoms with Crippen LogP contribution < -0.4 is 0 Å². The SMILES string of the molecule is CCN(CC)CC.O=P(O)(O)OCCCCS. The van der Waals surface area contributed by atoms with Crippen molar-refractivity contribution in [1.29, 1.82) is 0 Å². The summed E-state index contributed by atoms with van der Waals surface area (Å²) >= 11 is 3.92. The number of thiol groups is 1. The average molecular weight is 287 g/mol. The second-order valence-electron chi connectivity index (χ2n) is 3.37. The van der Waals surface area contributed by atoms with Crippen LogP contribution in [-0.4, -0.2) is 46.7 Å². The van der Waals surface area contributed by atoms with Crippen molar-refractivity contribution >= 4 is 20.5 Å². The smallest absolute Gasteiger partial charge is 0.304 e. The van der Waals surface area contributed by atoms with E-state index in [0.717, 1.165) is 6.42 Å². The zero-order valence-corrected chi connectivity index (χ0v) is 12.8. The fourth-order valence-corrected chi connectivity index (χ4v) is 1.66. The van der Waals surface area contributed by atoms with Gasteiger partial charge in [-0.3, -0.25) is 4.52 Å². The van der Waals surface area contributed by atoms with E-state index in [-0.39, 0.29) is 6.61 Å². The van der Waals surface area contributed by atoms with Gasteiger partial charge in [-0.1, -0.05) is 20.8 Å². The molecule has 0 fully saturated rings. The van der Waals surface area contributed by atoms with E-state index in [2.05, 4.69) is 42.8 Å². The average Bonchev–Trinajstić information content (AvgIpc) is 2.27. The molecule has 0 heterocycles. The summed E-state index contributed by atoms with van der Waals surface area (Å²) in [4.78, 5) is 18.7. The zero-order chi connectivity index (χ0) is 13.7. The van der Waals surface area contributed by atoms with Crippen molar-refractivity contribution in [2.45, 2.75) is 33.6 Å². The minimum absolute atomic E-state index is 0.102. The summed E-state index contributed by atoms with van der Waals surface area (Å²) < 4.78 is 14.2. The van der Waals surface area contributed by atoms with Gasteiger partial charge in [0.15, 0.2) is 0 Å². The molecule has 0 aromatic rings. The molecule has 0 radical (unpaired) electrons. The van der Waals surface area contributed by atoms with Crippen molar-refractivity contribution in [1.82, 2.24) is 4.90 Å². The summed E-state index contributed by atoms with van der Waals surface area (Å²) in [5.74, 6) is 0.713. The summed E-state index contributed by atoms with van der Waals surface area (Å²) in [6, 6.07) is 0. The van der Waals surface area contributed by atoms with Gasteiger partial charge in [-0.05, 0) is 38.2 Å². The first kappa shape index (κ1) is 19.8. The van der Waals surface area contributed by atoms with Crippen LogP contribution in [0.15, 0.2) is 0 Å². The van der Waals surface area contributed by atoms with Gasteiger partial charge in [-0.15, -0.1) is 0 Å². The molecule has 0 aliphatic heterocycles. The Labute approximate surface area is 110 Å². The molecule has 0 bridgehead atoms. The molecular weight excluding hydrogens is 261 g/mol. The summed E-state index contributed by atoms with van der Waals surface area (Å²) in [7, 11) is -4.23. The largest absolute Gasteiger partial charge is 0.469 e. The monoisotopic (exact) mass is 287 g/mol. The van der Waals surface area contributed by atoms with Crippen LogP contribution in [0.2, 0.25) is 0 Å². The Kier molecular flexibility index (Phi) is 14.9. The Bertz CT molecular complexity index is 191. The Morgan fingerprint density at radius 1 is 1.12 bits per heavy atom. The molecule has 5 nitrogen and oxygen atoms in total. The number of phosphoric ester groups is 1. The van der Waals surface area contributed by atoms with Crippen LogP contribution in [0.4, 0.5) is 0 Å². The summed E-state index contributed by atoms with van der Waals surface area (Å²) in [6.45, 7) is 10.2. The molecule has 2 N–H and O–H groups in total. The van der Waals surface area contributed by atoms with E-state index in [0.29, 0.717) is 12.2 Å². The fraction of sp³-hybridized carbons (Fsp3) is 1.00. The van der Waals surface area contributed by atoms with Crippen molar-refractivity contribution in [2.75, 3.05) is 32.0 Å². The van der Waals surface area contributed by atoms with E-state index in [4.69, 9.17) is 9.79 Å². The summed E-state index contributed by atoms with van der Waals surface area (Å²) in [5.41, 5.74) is 0. The lowest BCUT2D eigenvalue weighted by atomic mass is 10.4. The van der Waals surface area contributed by atoms with Gasteiger partial charge in [0, 0.05) is 0 Å². The highest BCUT2D eigenvalue weighted by atomic mass is 32.1. The fourth-order valence-electron chi connectivity index (χ4n) is 1.07. The lowest BCUT2D eigenvalue weighted by molar-refractivity contribution is 0.195. The molecule has 0 aromatic heterocycles. The maximum Gasteiger partial charge on any atom is 0.469 e. The lowest BCUT2D eigenvalue weighted by Gasteiger charge is -2.13. The summed E-state index contributed by atoms with van der Waals surface area (Å²) in [6.07, 6.45) is 1.44. The van der Waals surface area contributed by atoms with Crippen LogP contribution in [0, 0.1) is 0 Å². The molecule has 0 unspecified atom stereocenters. The number of nitrogens with zero attached hydrogens (tertiary/aromatic N) is 1. The number of phosphoric acid groups is 1. The van der Waals surface area contributed by atoms with Crippen LogP contribution in [-0.2, 0) is 9.09 Å². The van der Waals surface area contributed by atoms with Gasteiger partial charge in [0.05, 0.1) is 6.61 Å². The molecule has 0 saturated carbocycles. The second-order valence-corrected chi connectivity index (χ2v) is 5.06. The Hall–Kier alpha value is 0.420. The van der Waals surface area contributed by atoms with E-state index in [1.807, 2.05) is 0 Å². The highest BCUT2D eigenvalue weighted by Crippen LogP contribution is 2.35. The molecule has 17 heavy (non-hydrogen) atoms. The third-order valence-electron chi connectivity index (χ3n) is 2.15. The molecular formula is C10H26NO4PS. The van der Waals surface area contributed by atoms with E-state index >= 15 is 0 Å². The minimum Gasteiger partial charge on any atom is -0.304 e. The molecule has 0 rings (SSSR count). The Balaban J connectivity index is 0. The van der Waals surface area contributed by atoms with Gasteiger partial charge >= 0.3 is 7.82 Å². The molecule has 0 aliphatic rings. The highest BCUT2D eigenvalue weighted by molar-refractivity contribution is 7.80. The molecule has 7 heteroatoms. The summed E-state index contributed by atoms with van der Waals surface area (Å²) in [5, 5.41) is 0. The van der Waals surface area contributed by atoms with Crippen molar-refractivity contribution < 1.29 is 18.9 Å². The first-order valence-corrected chi connectivity index (χ1v) is 8.10. The highest BCUT2D eigenvalue weighted by Gasteiger charge is 2.11. The number of rotatable bonds is 8. The first-order valence-electron chi connectivity index (χ1n) is 5.94. The number of hydrogen-bond donors (Lipinski definition) is 3. The Morgan fingerprint density at radius 2 is 1.59 bits per heavy atom. The minimum atomic E-state index is -4.23. The third kappa shape index (κ3) is 19.0. The molecule has 0 atom stereocenters. The van der Waals surface area contributed by atoms with Crippen molar-refractivity contribution in [3.8, 4) is 0 Å². The van der Waals surface area contributed by atoms with Gasteiger partial charge < -0.3 is 14.7 Å². The normalized spacial score (nSPS) is 11.2. The zero-order valence-electron chi connectivity index (χ0n) is 11.0. The van der Waals surface area contributed by atoms with Crippen molar-refractivity contribution in [3.63, 3.8) is 0 Å². The molecule has 0 aliphatic carbocycles.